The van der Waals surface area contributed by atoms with E-state index in [1.54, 1.807) is 22.7 Å². The average molecular weight is 815 g/mol. The van der Waals surface area contributed by atoms with Crippen LogP contribution in [0.5, 0.6) is 0 Å². The normalized spacial score (nSPS) is 27.6. The molecule has 5 saturated carbocycles. The summed E-state index contributed by atoms with van der Waals surface area (Å²) in [6.45, 7) is 0. The number of thiazole rings is 2. The van der Waals surface area contributed by atoms with E-state index in [0.717, 1.165) is 97.5 Å². The largest absolute Gasteiger partial charge is 0.292 e. The summed E-state index contributed by atoms with van der Waals surface area (Å²) in [4.78, 5) is 64.6. The second kappa shape index (κ2) is 12.8. The lowest BCUT2D eigenvalue weighted by Crippen LogP contribution is -2.35. The van der Waals surface area contributed by atoms with Crippen LogP contribution in [0.4, 0.5) is 10.3 Å². The maximum atomic E-state index is 13.9. The highest BCUT2D eigenvalue weighted by Crippen LogP contribution is 2.64. The Morgan fingerprint density at radius 1 is 0.593 bits per heavy atom. The maximum absolute atomic E-state index is 13.9. The third kappa shape index (κ3) is 4.95. The smallest absolute Gasteiger partial charge is 0.210 e. The summed E-state index contributed by atoms with van der Waals surface area (Å²) >= 11 is 3.25. The van der Waals surface area contributed by atoms with Crippen LogP contribution in [-0.2, 0) is 26.8 Å². The van der Waals surface area contributed by atoms with Crippen molar-refractivity contribution in [3.8, 4) is 20.9 Å². The van der Waals surface area contributed by atoms with E-state index >= 15 is 0 Å². The van der Waals surface area contributed by atoms with Crippen molar-refractivity contribution < 1.29 is 14.4 Å². The number of aromatic nitrogens is 2. The first-order valence-electron chi connectivity index (χ1n) is 22.4. The monoisotopic (exact) mass is 814 g/mol. The van der Waals surface area contributed by atoms with Gasteiger partial charge >= 0.3 is 0 Å². The Balaban J connectivity index is 0.895. The molecule has 5 aromatic rings. The first kappa shape index (κ1) is 35.3. The lowest BCUT2D eigenvalue weighted by Gasteiger charge is -2.39. The summed E-state index contributed by atoms with van der Waals surface area (Å²) in [5.41, 5.74) is 9.77. The molecule has 296 valence electrons. The van der Waals surface area contributed by atoms with Crippen molar-refractivity contribution in [1.29, 1.82) is 0 Å². The number of hydrogen-bond donors (Lipinski definition) is 0. The predicted molar refractivity (Wildman–Crippen MR) is 234 cm³/mol. The van der Waals surface area contributed by atoms with Crippen LogP contribution in [0.25, 0.3) is 31.7 Å². The van der Waals surface area contributed by atoms with Crippen molar-refractivity contribution in [2.45, 2.75) is 120 Å². The molecule has 0 aliphatic heterocycles. The third-order valence-electron chi connectivity index (χ3n) is 16.3. The standard InChI is InChI=1S/C50H46N4O3S2/c55-40-31-20-27-12-4-3-11-26(27)19-30(31)23-38(40)51-47-53-45-43(58-47)34-24-37-35(25-36(34)49(45)15-7-1-8-16-49)44-46(50(37)17-9-2-10-18-50)54-48(59-44)52-39-41(56)32-21-28-13-5-6-14-29(28)22-33(32)42(39)57/h3-4,11-12,19-20,24-25,28-29,32-33H,1-2,5-10,13-18,21-23H2. The molecule has 8 aliphatic carbocycles. The van der Waals surface area contributed by atoms with Gasteiger partial charge in [-0.3, -0.25) is 14.4 Å². The van der Waals surface area contributed by atoms with Crippen LogP contribution in [0.1, 0.15) is 141 Å². The highest BCUT2D eigenvalue weighted by Gasteiger charge is 2.54. The number of nitrogens with zero attached hydrogens (tertiary/aromatic N) is 4. The van der Waals surface area contributed by atoms with Crippen molar-refractivity contribution in [2.24, 2.45) is 33.7 Å². The Kier molecular flexibility index (Phi) is 7.64. The van der Waals surface area contributed by atoms with Crippen LogP contribution in [0, 0.1) is 23.7 Å². The zero-order valence-corrected chi connectivity index (χ0v) is 34.9. The Bertz CT molecular complexity index is 2740. The zero-order chi connectivity index (χ0) is 39.2. The SMILES string of the molecule is O=C1C(=Nc2nc3c(s2)-c2cc4c(cc2C32CCCCC2)-c2sc(N=C3C(=O)C5CC6CCCCC6CC5C3=O)nc2C42CCCCC2)Cc2cc3ccccc3cc21. The Morgan fingerprint density at radius 3 is 1.68 bits per heavy atom. The number of carbonyl (C=O) groups excluding carboxylic acids is 3. The summed E-state index contributed by atoms with van der Waals surface area (Å²) in [5, 5.41) is 3.50. The van der Waals surface area contributed by atoms with E-state index in [1.807, 2.05) is 18.2 Å². The predicted octanol–water partition coefficient (Wildman–Crippen LogP) is 11.8. The number of fused-ring (bicyclic) bond motifs is 14. The number of Topliss-reactive ketones (excluding diaryl/α,β-unsaturated/α-hetero) is 3. The molecule has 0 bridgehead atoms. The molecule has 4 atom stereocenters. The molecule has 5 fully saturated rings. The van der Waals surface area contributed by atoms with Crippen molar-refractivity contribution in [1.82, 2.24) is 9.97 Å². The van der Waals surface area contributed by atoms with Gasteiger partial charge in [0.15, 0.2) is 17.3 Å². The number of ketones is 3. The molecule has 3 aromatic carbocycles. The number of aliphatic imine (C=N–C) groups is 2. The van der Waals surface area contributed by atoms with E-state index in [2.05, 4.69) is 30.3 Å². The first-order valence-corrected chi connectivity index (χ1v) is 24.1. The molecular formula is C50H46N4O3S2. The van der Waals surface area contributed by atoms with Crippen molar-refractivity contribution >= 4 is 72.5 Å². The molecule has 13 rings (SSSR count). The van der Waals surface area contributed by atoms with Crippen molar-refractivity contribution in [2.75, 3.05) is 0 Å². The summed E-state index contributed by atoms with van der Waals surface area (Å²) in [5.74, 6) is 0.750. The number of benzene rings is 3. The fourth-order valence-electron chi connectivity index (χ4n) is 13.5. The molecule has 4 unspecified atom stereocenters. The van der Waals surface area contributed by atoms with Crippen LogP contribution in [0.15, 0.2) is 58.5 Å². The van der Waals surface area contributed by atoms with Crippen molar-refractivity contribution in [3.05, 3.63) is 82.2 Å². The van der Waals surface area contributed by atoms with E-state index in [9.17, 15) is 14.4 Å². The van der Waals surface area contributed by atoms with E-state index in [-0.39, 0.29) is 45.7 Å². The lowest BCUT2D eigenvalue weighted by molar-refractivity contribution is -0.123. The zero-order valence-electron chi connectivity index (χ0n) is 33.3. The minimum absolute atomic E-state index is 0.0202. The number of rotatable bonds is 2. The van der Waals surface area contributed by atoms with Crippen LogP contribution in [0.3, 0.4) is 0 Å². The molecule has 7 nitrogen and oxygen atoms in total. The molecule has 2 aromatic heterocycles. The summed E-state index contributed by atoms with van der Waals surface area (Å²) < 4.78 is 0. The van der Waals surface area contributed by atoms with E-state index in [0.29, 0.717) is 34.2 Å². The molecule has 0 radical (unpaired) electrons. The van der Waals surface area contributed by atoms with Gasteiger partial charge < -0.3 is 0 Å². The number of hydrogen-bond acceptors (Lipinski definition) is 9. The summed E-state index contributed by atoms with van der Waals surface area (Å²) in [6.07, 6.45) is 18.3. The van der Waals surface area contributed by atoms with E-state index in [4.69, 9.17) is 20.0 Å². The Labute approximate surface area is 351 Å². The number of carbonyl (C=O) groups is 3. The van der Waals surface area contributed by atoms with Gasteiger partial charge in [0, 0.05) is 34.7 Å². The van der Waals surface area contributed by atoms with Gasteiger partial charge in [0.1, 0.15) is 0 Å². The lowest BCUT2D eigenvalue weighted by atomic mass is 9.64. The Hall–Kier alpha value is -4.47. The van der Waals surface area contributed by atoms with Crippen molar-refractivity contribution in [3.63, 3.8) is 0 Å². The molecule has 59 heavy (non-hydrogen) atoms. The highest BCUT2D eigenvalue weighted by atomic mass is 32.1. The van der Waals surface area contributed by atoms with E-state index < -0.39 is 0 Å². The molecule has 0 saturated heterocycles. The van der Waals surface area contributed by atoms with Gasteiger partial charge in [-0.1, -0.05) is 117 Å². The van der Waals surface area contributed by atoms with Gasteiger partial charge in [-0.2, -0.15) is 0 Å². The minimum Gasteiger partial charge on any atom is -0.292 e. The third-order valence-corrected chi connectivity index (χ3v) is 18.3. The van der Waals surface area contributed by atoms with Crippen LogP contribution < -0.4 is 0 Å². The van der Waals surface area contributed by atoms with Gasteiger partial charge in [0.05, 0.1) is 26.9 Å². The highest BCUT2D eigenvalue weighted by molar-refractivity contribution is 7.19. The van der Waals surface area contributed by atoms with Gasteiger partial charge in [-0.05, 0) is 107 Å². The van der Waals surface area contributed by atoms with Gasteiger partial charge in [0.25, 0.3) is 0 Å². The molecule has 8 aliphatic rings. The minimum atomic E-state index is -0.206. The average Bonchev–Trinajstić information content (AvgIpc) is 4.09. The second-order valence-corrected chi connectivity index (χ2v) is 21.1. The molecule has 2 spiro atoms. The second-order valence-electron chi connectivity index (χ2n) is 19.2. The van der Waals surface area contributed by atoms with Crippen LogP contribution >= 0.6 is 22.7 Å². The topological polar surface area (TPSA) is 102 Å². The molecular weight excluding hydrogens is 769 g/mol. The summed E-state index contributed by atoms with van der Waals surface area (Å²) in [7, 11) is 0. The molecule has 0 N–H and O–H groups in total. The van der Waals surface area contributed by atoms with Crippen LogP contribution in [0.2, 0.25) is 0 Å². The fourth-order valence-corrected chi connectivity index (χ4v) is 15.6. The summed E-state index contributed by atoms with van der Waals surface area (Å²) in [6, 6.07) is 17.4. The maximum Gasteiger partial charge on any atom is 0.210 e. The van der Waals surface area contributed by atoms with E-state index in [1.165, 1.54) is 70.5 Å². The fraction of sp³-hybridized carbons (Fsp3) is 0.460. The van der Waals surface area contributed by atoms with Gasteiger partial charge in [-0.25, -0.2) is 20.0 Å². The van der Waals surface area contributed by atoms with Gasteiger partial charge in [0.2, 0.25) is 16.0 Å². The molecule has 9 heteroatoms. The van der Waals surface area contributed by atoms with Crippen LogP contribution in [-0.4, -0.2) is 38.7 Å². The van der Waals surface area contributed by atoms with Gasteiger partial charge in [-0.15, -0.1) is 0 Å². The Morgan fingerprint density at radius 2 is 1.12 bits per heavy atom. The molecule has 0 amide bonds. The quantitative estimate of drug-likeness (QED) is 0.177. The molecule has 2 heterocycles. The first-order chi connectivity index (χ1) is 28.9.